The van der Waals surface area contributed by atoms with E-state index in [1.807, 2.05) is 48.5 Å². The van der Waals surface area contributed by atoms with E-state index in [0.29, 0.717) is 16.5 Å². The van der Waals surface area contributed by atoms with E-state index >= 15 is 0 Å². The van der Waals surface area contributed by atoms with E-state index in [1.165, 1.54) is 0 Å². The normalized spacial score (nSPS) is 16.1. The average Bonchev–Trinajstić information content (AvgIpc) is 3.04. The van der Waals surface area contributed by atoms with Crippen LogP contribution in [0, 0.1) is 11.3 Å². The smallest absolute Gasteiger partial charge is 0.244 e. The van der Waals surface area contributed by atoms with E-state index in [2.05, 4.69) is 16.3 Å². The van der Waals surface area contributed by atoms with Gasteiger partial charge in [0.1, 0.15) is 11.6 Å². The van der Waals surface area contributed by atoms with Crippen LogP contribution in [0.15, 0.2) is 66.1 Å². The van der Waals surface area contributed by atoms with Gasteiger partial charge in [-0.25, -0.2) is 0 Å². The molecule has 3 N–H and O–H groups in total. The summed E-state index contributed by atoms with van der Waals surface area (Å²) in [6.45, 7) is 0. The minimum absolute atomic E-state index is 0.0612. The first-order chi connectivity index (χ1) is 12.2. The lowest BCUT2D eigenvalue weighted by Crippen LogP contribution is -2.20. The summed E-state index contributed by atoms with van der Waals surface area (Å²) >= 11 is 6.16. The Bertz CT molecular complexity index is 1020. The van der Waals surface area contributed by atoms with Gasteiger partial charge in [0.15, 0.2) is 0 Å². The van der Waals surface area contributed by atoms with Crippen LogP contribution in [0.3, 0.4) is 0 Å². The summed E-state index contributed by atoms with van der Waals surface area (Å²) in [7, 11) is 0. The van der Waals surface area contributed by atoms with Crippen molar-refractivity contribution in [3.05, 3.63) is 82.2 Å². The number of hydrogen-bond donors (Lipinski definition) is 2. The number of ether oxygens (including phenoxy) is 1. The number of rotatable bonds is 2. The summed E-state index contributed by atoms with van der Waals surface area (Å²) in [6.07, 6.45) is 0. The van der Waals surface area contributed by atoms with Crippen molar-refractivity contribution in [2.45, 2.75) is 5.92 Å². The van der Waals surface area contributed by atoms with Crippen LogP contribution < -0.4 is 10.5 Å². The number of nitrogens with zero attached hydrogens (tertiary/aromatic N) is 2. The molecule has 2 aromatic carbocycles. The third-order valence-electron chi connectivity index (χ3n) is 4.18. The Labute approximate surface area is 149 Å². The Balaban J connectivity index is 1.97. The molecular formula is C19H13ClN4O. The van der Waals surface area contributed by atoms with Gasteiger partial charge in [0, 0.05) is 5.02 Å². The van der Waals surface area contributed by atoms with Crippen molar-refractivity contribution >= 4 is 11.6 Å². The van der Waals surface area contributed by atoms with Crippen LogP contribution in [-0.4, -0.2) is 10.2 Å². The van der Waals surface area contributed by atoms with Gasteiger partial charge in [-0.05, 0) is 23.3 Å². The van der Waals surface area contributed by atoms with Gasteiger partial charge in [-0.3, -0.25) is 5.10 Å². The number of nitrogens with one attached hydrogen (secondary N) is 1. The summed E-state index contributed by atoms with van der Waals surface area (Å²) in [6, 6.07) is 19.3. The van der Waals surface area contributed by atoms with Crippen molar-refractivity contribution in [3.8, 4) is 23.2 Å². The van der Waals surface area contributed by atoms with Gasteiger partial charge < -0.3 is 10.5 Å². The minimum Gasteiger partial charge on any atom is -0.420 e. The molecule has 3 aromatic rings. The van der Waals surface area contributed by atoms with Gasteiger partial charge in [-0.2, -0.15) is 5.26 Å². The van der Waals surface area contributed by atoms with Crippen molar-refractivity contribution in [1.29, 1.82) is 5.26 Å². The van der Waals surface area contributed by atoms with Crippen LogP contribution in [0.4, 0.5) is 0 Å². The molecule has 25 heavy (non-hydrogen) atoms. The molecule has 0 radical (unpaired) electrons. The van der Waals surface area contributed by atoms with Crippen LogP contribution in [0.5, 0.6) is 5.88 Å². The Kier molecular flexibility index (Phi) is 3.68. The quantitative estimate of drug-likeness (QED) is 0.734. The number of aromatic amines is 1. The first-order valence-electron chi connectivity index (χ1n) is 7.65. The molecule has 1 aromatic heterocycles. The average molecular weight is 349 g/mol. The molecule has 1 aliphatic rings. The molecule has 1 unspecified atom stereocenters. The first kappa shape index (κ1) is 15.3. The second-order valence-electron chi connectivity index (χ2n) is 5.66. The highest BCUT2D eigenvalue weighted by Crippen LogP contribution is 2.45. The SMILES string of the molecule is N#CC1=C(N)Oc2n[nH]c(-c3ccccc3)c2C1c1cccc(Cl)c1. The Morgan fingerprint density at radius 2 is 1.96 bits per heavy atom. The third kappa shape index (κ3) is 2.53. The standard InChI is InChI=1S/C19H13ClN4O/c20-13-8-4-7-12(9-13)15-14(10-21)18(22)25-19-16(15)17(23-24-19)11-5-2-1-3-6-11/h1-9,15H,22H2,(H,23,24). The molecule has 0 spiro atoms. The Hall–Kier alpha value is -3.23. The summed E-state index contributed by atoms with van der Waals surface area (Å²) in [4.78, 5) is 0. The summed E-state index contributed by atoms with van der Waals surface area (Å²) in [5, 5.41) is 17.5. The molecular weight excluding hydrogens is 336 g/mol. The maximum atomic E-state index is 9.66. The summed E-state index contributed by atoms with van der Waals surface area (Å²) in [5.74, 6) is 0.0350. The van der Waals surface area contributed by atoms with Gasteiger partial charge in [0.25, 0.3) is 0 Å². The first-order valence-corrected chi connectivity index (χ1v) is 8.03. The molecule has 4 rings (SSSR count). The molecule has 6 heteroatoms. The van der Waals surface area contributed by atoms with E-state index in [0.717, 1.165) is 22.4 Å². The topological polar surface area (TPSA) is 87.7 Å². The van der Waals surface area contributed by atoms with Crippen LogP contribution in [0.2, 0.25) is 5.02 Å². The van der Waals surface area contributed by atoms with E-state index in [4.69, 9.17) is 22.1 Å². The maximum absolute atomic E-state index is 9.66. The minimum atomic E-state index is -0.401. The number of fused-ring (bicyclic) bond motifs is 1. The van der Waals surface area contributed by atoms with E-state index in [-0.39, 0.29) is 5.88 Å². The van der Waals surface area contributed by atoms with Crippen molar-refractivity contribution in [1.82, 2.24) is 10.2 Å². The zero-order valence-corrected chi connectivity index (χ0v) is 13.8. The van der Waals surface area contributed by atoms with E-state index in [1.54, 1.807) is 6.07 Å². The maximum Gasteiger partial charge on any atom is 0.244 e. The number of benzene rings is 2. The number of nitrogens with two attached hydrogens (primary N) is 1. The molecule has 0 aliphatic carbocycles. The summed E-state index contributed by atoms with van der Waals surface area (Å²) in [5.41, 5.74) is 9.68. The number of aromatic nitrogens is 2. The third-order valence-corrected chi connectivity index (χ3v) is 4.42. The Morgan fingerprint density at radius 3 is 2.68 bits per heavy atom. The molecule has 0 saturated heterocycles. The zero-order chi connectivity index (χ0) is 17.4. The zero-order valence-electron chi connectivity index (χ0n) is 13.0. The van der Waals surface area contributed by atoms with Crippen LogP contribution in [0.25, 0.3) is 11.3 Å². The number of hydrogen-bond acceptors (Lipinski definition) is 4. The van der Waals surface area contributed by atoms with Gasteiger partial charge in [-0.1, -0.05) is 54.1 Å². The molecule has 0 saturated carbocycles. The highest BCUT2D eigenvalue weighted by atomic mass is 35.5. The Morgan fingerprint density at radius 1 is 1.16 bits per heavy atom. The van der Waals surface area contributed by atoms with E-state index < -0.39 is 5.92 Å². The molecule has 0 bridgehead atoms. The number of allylic oxidation sites excluding steroid dienone is 1. The highest BCUT2D eigenvalue weighted by Gasteiger charge is 2.35. The molecule has 122 valence electrons. The molecule has 0 amide bonds. The van der Waals surface area contributed by atoms with Crippen molar-refractivity contribution < 1.29 is 4.74 Å². The second-order valence-corrected chi connectivity index (χ2v) is 6.10. The van der Waals surface area contributed by atoms with Gasteiger partial charge >= 0.3 is 0 Å². The number of nitriles is 1. The lowest BCUT2D eigenvalue weighted by molar-refractivity contribution is 0.379. The van der Waals surface area contributed by atoms with Gasteiger partial charge in [0.2, 0.25) is 11.8 Å². The predicted octanol–water partition coefficient (Wildman–Crippen LogP) is 3.95. The lowest BCUT2D eigenvalue weighted by atomic mass is 9.83. The van der Waals surface area contributed by atoms with Crippen molar-refractivity contribution in [3.63, 3.8) is 0 Å². The molecule has 1 atom stereocenters. The predicted molar refractivity (Wildman–Crippen MR) is 94.8 cm³/mol. The number of H-pyrrole nitrogens is 1. The summed E-state index contributed by atoms with van der Waals surface area (Å²) < 4.78 is 5.58. The van der Waals surface area contributed by atoms with Gasteiger partial charge in [0.05, 0.1) is 17.2 Å². The fraction of sp³-hybridized carbons (Fsp3) is 0.0526. The molecule has 1 aliphatic heterocycles. The molecule has 5 nitrogen and oxygen atoms in total. The second kappa shape index (κ2) is 6.00. The largest absolute Gasteiger partial charge is 0.420 e. The number of halogens is 1. The molecule has 2 heterocycles. The monoisotopic (exact) mass is 348 g/mol. The van der Waals surface area contributed by atoms with Crippen LogP contribution in [-0.2, 0) is 0 Å². The van der Waals surface area contributed by atoms with Gasteiger partial charge in [-0.15, -0.1) is 5.10 Å². The fourth-order valence-corrected chi connectivity index (χ4v) is 3.29. The van der Waals surface area contributed by atoms with Crippen LogP contribution in [0.1, 0.15) is 17.0 Å². The van der Waals surface area contributed by atoms with Crippen LogP contribution >= 0.6 is 11.6 Å². The highest BCUT2D eigenvalue weighted by molar-refractivity contribution is 6.30. The lowest BCUT2D eigenvalue weighted by Gasteiger charge is -2.24. The van der Waals surface area contributed by atoms with Crippen molar-refractivity contribution in [2.24, 2.45) is 5.73 Å². The van der Waals surface area contributed by atoms with Crippen molar-refractivity contribution in [2.75, 3.05) is 0 Å². The van der Waals surface area contributed by atoms with E-state index in [9.17, 15) is 5.26 Å². The molecule has 0 fully saturated rings. The fourth-order valence-electron chi connectivity index (χ4n) is 3.09.